The molecule has 0 spiro atoms. The Morgan fingerprint density at radius 2 is 1.93 bits per heavy atom. The van der Waals surface area contributed by atoms with E-state index >= 15 is 0 Å². The van der Waals surface area contributed by atoms with E-state index in [4.69, 9.17) is 4.74 Å². The van der Waals surface area contributed by atoms with E-state index in [-0.39, 0.29) is 24.3 Å². The number of carbonyl (C=O) groups excluding carboxylic acids is 2. The number of carbonyl (C=O) groups is 2. The summed E-state index contributed by atoms with van der Waals surface area (Å²) in [5.74, 6) is 1.03. The lowest BCUT2D eigenvalue weighted by Crippen LogP contribution is -2.43. The Morgan fingerprint density at radius 1 is 1.19 bits per heavy atom. The predicted molar refractivity (Wildman–Crippen MR) is 98.3 cm³/mol. The summed E-state index contributed by atoms with van der Waals surface area (Å²) in [5.41, 5.74) is 1.59. The van der Waals surface area contributed by atoms with E-state index < -0.39 is 0 Å². The molecule has 8 nitrogen and oxygen atoms in total. The highest BCUT2D eigenvalue weighted by Crippen LogP contribution is 2.33. The zero-order chi connectivity index (χ0) is 19.2. The van der Waals surface area contributed by atoms with Gasteiger partial charge in [0.05, 0.1) is 12.2 Å². The molecule has 3 heterocycles. The van der Waals surface area contributed by atoms with Crippen LogP contribution in [0.1, 0.15) is 37.1 Å². The Balaban J connectivity index is 1.66. The van der Waals surface area contributed by atoms with Crippen molar-refractivity contribution in [2.45, 2.75) is 32.6 Å². The van der Waals surface area contributed by atoms with Gasteiger partial charge in [0, 0.05) is 44.5 Å². The molecule has 1 N–H and O–H groups in total. The first kappa shape index (κ1) is 18.8. The van der Waals surface area contributed by atoms with Crippen LogP contribution in [0.2, 0.25) is 0 Å². The van der Waals surface area contributed by atoms with Gasteiger partial charge in [0.1, 0.15) is 5.69 Å². The van der Waals surface area contributed by atoms with E-state index in [1.807, 2.05) is 19.1 Å². The highest BCUT2D eigenvalue weighted by atomic mass is 16.5. The van der Waals surface area contributed by atoms with Gasteiger partial charge in [-0.2, -0.15) is 0 Å². The predicted octanol–water partition coefficient (Wildman–Crippen LogP) is 1.81. The van der Waals surface area contributed by atoms with Gasteiger partial charge in [-0.1, -0.05) is 0 Å². The van der Waals surface area contributed by atoms with Crippen LogP contribution in [0, 0.1) is 6.92 Å². The molecule has 0 radical (unpaired) electrons. The van der Waals surface area contributed by atoms with Gasteiger partial charge < -0.3 is 15.0 Å². The third-order valence-corrected chi connectivity index (χ3v) is 4.58. The molecule has 2 aromatic heterocycles. The summed E-state index contributed by atoms with van der Waals surface area (Å²) in [4.78, 5) is 38.0. The largest absolute Gasteiger partial charge is 0.435 e. The summed E-state index contributed by atoms with van der Waals surface area (Å²) in [6.07, 6.45) is 6.52. The molecular formula is C19H23N5O3. The van der Waals surface area contributed by atoms with Crippen LogP contribution in [0.15, 0.2) is 30.7 Å². The van der Waals surface area contributed by atoms with Gasteiger partial charge in [-0.3, -0.25) is 19.6 Å². The van der Waals surface area contributed by atoms with Crippen molar-refractivity contribution in [2.24, 2.45) is 0 Å². The Morgan fingerprint density at radius 3 is 2.63 bits per heavy atom. The number of aryl methyl sites for hydroxylation is 1. The zero-order valence-electron chi connectivity index (χ0n) is 15.5. The molecule has 0 unspecified atom stereocenters. The van der Waals surface area contributed by atoms with Crippen LogP contribution in [0.3, 0.4) is 0 Å². The second-order valence-corrected chi connectivity index (χ2v) is 6.50. The second-order valence-electron chi connectivity index (χ2n) is 6.50. The molecule has 1 fully saturated rings. The molecule has 2 aromatic rings. The summed E-state index contributed by atoms with van der Waals surface area (Å²) < 4.78 is 5.97. The van der Waals surface area contributed by atoms with Crippen molar-refractivity contribution in [2.75, 3.05) is 19.6 Å². The Hall–Kier alpha value is -3.03. The van der Waals surface area contributed by atoms with E-state index in [2.05, 4.69) is 20.3 Å². The molecule has 8 heteroatoms. The third kappa shape index (κ3) is 4.78. The lowest BCUT2D eigenvalue weighted by molar-refractivity contribution is -0.133. The number of aromatic nitrogens is 3. The topological polar surface area (TPSA) is 97.3 Å². The lowest BCUT2D eigenvalue weighted by atomic mass is 9.93. The quantitative estimate of drug-likeness (QED) is 0.863. The molecule has 1 saturated heterocycles. The molecule has 1 aliphatic rings. The number of pyridine rings is 1. The monoisotopic (exact) mass is 369 g/mol. The lowest BCUT2D eigenvalue weighted by Gasteiger charge is -2.32. The van der Waals surface area contributed by atoms with Crippen molar-refractivity contribution in [1.29, 1.82) is 0 Å². The number of hydrogen-bond acceptors (Lipinski definition) is 6. The van der Waals surface area contributed by atoms with E-state index in [1.54, 1.807) is 23.5 Å². The molecule has 0 aromatic carbocycles. The highest BCUT2D eigenvalue weighted by Gasteiger charge is 2.27. The zero-order valence-corrected chi connectivity index (χ0v) is 15.5. The number of amides is 2. The van der Waals surface area contributed by atoms with Gasteiger partial charge in [-0.25, -0.2) is 4.98 Å². The second kappa shape index (κ2) is 8.57. The minimum atomic E-state index is -0.203. The third-order valence-electron chi connectivity index (χ3n) is 4.58. The summed E-state index contributed by atoms with van der Waals surface area (Å²) in [6, 6.07) is 3.67. The van der Waals surface area contributed by atoms with Crippen LogP contribution < -0.4 is 10.1 Å². The molecular weight excluding hydrogens is 346 g/mol. The van der Waals surface area contributed by atoms with Crippen LogP contribution in [0.4, 0.5) is 0 Å². The average molecular weight is 369 g/mol. The van der Waals surface area contributed by atoms with Crippen LogP contribution in [-0.4, -0.2) is 51.3 Å². The van der Waals surface area contributed by atoms with Crippen LogP contribution in [-0.2, 0) is 9.59 Å². The molecule has 0 saturated carbocycles. The normalized spacial score (nSPS) is 14.7. The Labute approximate surface area is 158 Å². The van der Waals surface area contributed by atoms with Crippen LogP contribution in [0.5, 0.6) is 11.6 Å². The van der Waals surface area contributed by atoms with Gasteiger partial charge >= 0.3 is 0 Å². The van der Waals surface area contributed by atoms with Crippen molar-refractivity contribution in [1.82, 2.24) is 25.2 Å². The van der Waals surface area contributed by atoms with Gasteiger partial charge in [-0.15, -0.1) is 0 Å². The summed E-state index contributed by atoms with van der Waals surface area (Å²) >= 11 is 0. The highest BCUT2D eigenvalue weighted by molar-refractivity contribution is 5.83. The van der Waals surface area contributed by atoms with Gasteiger partial charge in [0.2, 0.25) is 17.7 Å². The Bertz CT molecular complexity index is 818. The Kier molecular flexibility index (Phi) is 5.95. The van der Waals surface area contributed by atoms with Crippen molar-refractivity contribution in [3.8, 4) is 11.6 Å². The van der Waals surface area contributed by atoms with Crippen molar-refractivity contribution >= 4 is 11.8 Å². The minimum Gasteiger partial charge on any atom is -0.435 e. The first-order valence-corrected chi connectivity index (χ1v) is 8.97. The summed E-state index contributed by atoms with van der Waals surface area (Å²) in [5, 5.41) is 2.55. The fraction of sp³-hybridized carbons (Fsp3) is 0.421. The molecule has 3 rings (SSSR count). The molecule has 0 bridgehead atoms. The molecule has 27 heavy (non-hydrogen) atoms. The minimum absolute atomic E-state index is 0.0415. The number of nitrogens with zero attached hydrogens (tertiary/aromatic N) is 4. The van der Waals surface area contributed by atoms with E-state index in [0.717, 1.165) is 24.2 Å². The van der Waals surface area contributed by atoms with Crippen molar-refractivity contribution in [3.05, 3.63) is 42.1 Å². The van der Waals surface area contributed by atoms with Crippen LogP contribution >= 0.6 is 0 Å². The number of rotatable bonds is 5. The molecule has 2 amide bonds. The first-order valence-electron chi connectivity index (χ1n) is 8.97. The van der Waals surface area contributed by atoms with Gasteiger partial charge in [0.15, 0.2) is 5.75 Å². The van der Waals surface area contributed by atoms with E-state index in [9.17, 15) is 9.59 Å². The number of nitrogens with one attached hydrogen (secondary N) is 1. The van der Waals surface area contributed by atoms with Crippen LogP contribution in [0.25, 0.3) is 0 Å². The molecule has 0 atom stereocenters. The molecule has 1 aliphatic heterocycles. The maximum Gasteiger partial charge on any atom is 0.241 e. The molecule has 142 valence electrons. The SMILES string of the molecule is CC(=O)NCC(=O)N1CCC(c2nccnc2Oc2cccnc2C)CC1. The maximum absolute atomic E-state index is 12.1. The van der Waals surface area contributed by atoms with E-state index in [0.29, 0.717) is 24.7 Å². The van der Waals surface area contributed by atoms with E-state index in [1.165, 1.54) is 6.92 Å². The fourth-order valence-electron chi connectivity index (χ4n) is 3.09. The van der Waals surface area contributed by atoms with Gasteiger partial charge in [0.25, 0.3) is 0 Å². The number of likely N-dealkylation sites (tertiary alicyclic amines) is 1. The number of ether oxygens (including phenoxy) is 1. The first-order chi connectivity index (χ1) is 13.0. The summed E-state index contributed by atoms with van der Waals surface area (Å²) in [7, 11) is 0. The van der Waals surface area contributed by atoms with Gasteiger partial charge in [-0.05, 0) is 31.9 Å². The van der Waals surface area contributed by atoms with Crippen molar-refractivity contribution in [3.63, 3.8) is 0 Å². The molecule has 0 aliphatic carbocycles. The standard InChI is InChI=1S/C19H23N5O3/c1-13-16(4-3-7-20-13)27-19-18(21-8-9-22-19)15-5-10-24(11-6-15)17(26)12-23-14(2)25/h3-4,7-9,15H,5-6,10-12H2,1-2H3,(H,23,25). The number of piperidine rings is 1. The number of hydrogen-bond donors (Lipinski definition) is 1. The average Bonchev–Trinajstić information content (AvgIpc) is 2.68. The smallest absolute Gasteiger partial charge is 0.241 e. The van der Waals surface area contributed by atoms with Crippen molar-refractivity contribution < 1.29 is 14.3 Å². The maximum atomic E-state index is 12.1. The fourth-order valence-corrected chi connectivity index (χ4v) is 3.09. The summed E-state index contributed by atoms with van der Waals surface area (Å²) in [6.45, 7) is 4.56.